The predicted molar refractivity (Wildman–Crippen MR) is 88.8 cm³/mol. The van der Waals surface area contributed by atoms with Crippen LogP contribution in [0.3, 0.4) is 0 Å². The number of rotatable bonds is 2. The van der Waals surface area contributed by atoms with Crippen LogP contribution in [0.4, 0.5) is 4.39 Å². The van der Waals surface area contributed by atoms with Gasteiger partial charge in [0.15, 0.2) is 0 Å². The molecule has 21 heavy (non-hydrogen) atoms. The summed E-state index contributed by atoms with van der Waals surface area (Å²) < 4.78 is 14.9. The SMILES string of the molecule is O=c1[nH]c2cc(Br)c(C(Br)c3cccc(Cl)c3F)cc2[nH]1. The molecule has 7 heteroatoms. The van der Waals surface area contributed by atoms with Crippen LogP contribution in [0.5, 0.6) is 0 Å². The van der Waals surface area contributed by atoms with Crippen molar-refractivity contribution in [3.05, 3.63) is 67.3 Å². The quantitative estimate of drug-likeness (QED) is 0.554. The molecule has 3 aromatic rings. The van der Waals surface area contributed by atoms with E-state index in [2.05, 4.69) is 41.8 Å². The standard InChI is InChI=1S/C14H8Br2ClFN2O/c15-8-5-11-10(19-14(21)20-11)4-7(8)12(16)6-2-1-3-9(17)13(6)18/h1-5,12H,(H2,19,20,21). The normalized spacial score (nSPS) is 12.8. The van der Waals surface area contributed by atoms with Crippen LogP contribution in [0.1, 0.15) is 16.0 Å². The molecule has 2 aromatic carbocycles. The lowest BCUT2D eigenvalue weighted by Gasteiger charge is -2.14. The molecule has 0 bridgehead atoms. The zero-order valence-electron chi connectivity index (χ0n) is 10.4. The average Bonchev–Trinajstić information content (AvgIpc) is 2.79. The maximum absolute atomic E-state index is 14.1. The lowest BCUT2D eigenvalue weighted by Crippen LogP contribution is -1.99. The van der Waals surface area contributed by atoms with Gasteiger partial charge >= 0.3 is 5.69 Å². The highest BCUT2D eigenvalue weighted by atomic mass is 79.9. The molecule has 0 spiro atoms. The van der Waals surface area contributed by atoms with Crippen LogP contribution in [0.15, 0.2) is 39.6 Å². The molecular formula is C14H8Br2ClFN2O. The lowest BCUT2D eigenvalue weighted by molar-refractivity contribution is 0.614. The summed E-state index contributed by atoms with van der Waals surface area (Å²) in [5.41, 5.74) is 2.28. The molecule has 1 unspecified atom stereocenters. The Kier molecular flexibility index (Phi) is 3.94. The smallest absolute Gasteiger partial charge is 0.306 e. The Morgan fingerprint density at radius 3 is 2.52 bits per heavy atom. The maximum Gasteiger partial charge on any atom is 0.323 e. The van der Waals surface area contributed by atoms with Crippen LogP contribution >= 0.6 is 43.5 Å². The molecule has 0 saturated heterocycles. The van der Waals surface area contributed by atoms with E-state index in [1.807, 2.05) is 0 Å². The summed E-state index contributed by atoms with van der Waals surface area (Å²) in [6.07, 6.45) is 0. The summed E-state index contributed by atoms with van der Waals surface area (Å²) in [4.78, 5) is 16.3. The first-order valence-electron chi connectivity index (χ1n) is 5.97. The van der Waals surface area contributed by atoms with Crippen LogP contribution in [0.2, 0.25) is 5.02 Å². The van der Waals surface area contributed by atoms with Crippen molar-refractivity contribution in [3.8, 4) is 0 Å². The van der Waals surface area contributed by atoms with Gasteiger partial charge < -0.3 is 9.97 Å². The van der Waals surface area contributed by atoms with E-state index >= 15 is 0 Å². The van der Waals surface area contributed by atoms with Crippen molar-refractivity contribution in [3.63, 3.8) is 0 Å². The highest BCUT2D eigenvalue weighted by Crippen LogP contribution is 2.39. The Bertz CT molecular complexity index is 890. The van der Waals surface area contributed by atoms with Crippen LogP contribution in [-0.2, 0) is 0 Å². The van der Waals surface area contributed by atoms with Gasteiger partial charge in [0, 0.05) is 10.0 Å². The van der Waals surface area contributed by atoms with Crippen molar-refractivity contribution in [1.82, 2.24) is 9.97 Å². The molecule has 0 radical (unpaired) electrons. The van der Waals surface area contributed by atoms with Crippen LogP contribution in [-0.4, -0.2) is 9.97 Å². The van der Waals surface area contributed by atoms with Gasteiger partial charge in [-0.05, 0) is 23.8 Å². The van der Waals surface area contributed by atoms with E-state index in [-0.39, 0.29) is 10.7 Å². The Balaban J connectivity index is 2.16. The van der Waals surface area contributed by atoms with Crippen molar-refractivity contribution in [2.24, 2.45) is 0 Å². The molecule has 108 valence electrons. The second kappa shape index (κ2) is 5.59. The van der Waals surface area contributed by atoms with Crippen LogP contribution < -0.4 is 5.69 Å². The Hall–Kier alpha value is -1.11. The number of halogens is 4. The summed E-state index contributed by atoms with van der Waals surface area (Å²) in [6, 6.07) is 8.43. The second-order valence-electron chi connectivity index (χ2n) is 4.50. The fourth-order valence-corrected chi connectivity index (χ4v) is 3.94. The van der Waals surface area contributed by atoms with Gasteiger partial charge in [-0.3, -0.25) is 0 Å². The van der Waals surface area contributed by atoms with Crippen molar-refractivity contribution >= 4 is 54.5 Å². The lowest BCUT2D eigenvalue weighted by atomic mass is 10.0. The third-order valence-corrected chi connectivity index (χ3v) is 5.13. The molecule has 3 nitrogen and oxygen atoms in total. The monoisotopic (exact) mass is 432 g/mol. The van der Waals surface area contributed by atoms with Gasteiger partial charge in [-0.15, -0.1) is 0 Å². The number of nitrogens with one attached hydrogen (secondary N) is 2. The average molecular weight is 434 g/mol. The molecule has 1 aromatic heterocycles. The Morgan fingerprint density at radius 1 is 1.14 bits per heavy atom. The minimum absolute atomic E-state index is 0.0733. The van der Waals surface area contributed by atoms with Crippen molar-refractivity contribution < 1.29 is 4.39 Å². The van der Waals surface area contributed by atoms with E-state index in [9.17, 15) is 9.18 Å². The summed E-state index contributed by atoms with van der Waals surface area (Å²) >= 11 is 12.8. The first-order chi connectivity index (χ1) is 9.97. The van der Waals surface area contributed by atoms with E-state index in [1.54, 1.807) is 24.3 Å². The van der Waals surface area contributed by atoms with E-state index in [0.29, 0.717) is 16.6 Å². The number of H-pyrrole nitrogens is 2. The third-order valence-electron chi connectivity index (χ3n) is 3.16. The number of hydrogen-bond donors (Lipinski definition) is 2. The first-order valence-corrected chi connectivity index (χ1v) is 8.05. The molecule has 0 fully saturated rings. The van der Waals surface area contributed by atoms with E-state index in [4.69, 9.17) is 11.6 Å². The summed E-state index contributed by atoms with van der Waals surface area (Å²) in [5, 5.41) is 0.0733. The number of imidazole rings is 1. The van der Waals surface area contributed by atoms with E-state index in [0.717, 1.165) is 10.0 Å². The van der Waals surface area contributed by atoms with Crippen molar-refractivity contribution in [1.29, 1.82) is 0 Å². The first kappa shape index (κ1) is 14.8. The molecular weight excluding hydrogens is 426 g/mol. The fraction of sp³-hybridized carbons (Fsp3) is 0.0714. The van der Waals surface area contributed by atoms with Crippen molar-refractivity contribution in [2.45, 2.75) is 4.83 Å². The topological polar surface area (TPSA) is 48.6 Å². The molecule has 0 aliphatic heterocycles. The number of aromatic nitrogens is 2. The van der Waals surface area contributed by atoms with Gasteiger partial charge in [0.2, 0.25) is 0 Å². The summed E-state index contributed by atoms with van der Waals surface area (Å²) in [5.74, 6) is -0.462. The maximum atomic E-state index is 14.1. The molecule has 0 amide bonds. The number of alkyl halides is 1. The third kappa shape index (κ3) is 2.67. The Morgan fingerprint density at radius 2 is 1.81 bits per heavy atom. The van der Waals surface area contributed by atoms with Crippen LogP contribution in [0.25, 0.3) is 11.0 Å². The van der Waals surface area contributed by atoms with Gasteiger partial charge in [-0.1, -0.05) is 55.6 Å². The van der Waals surface area contributed by atoms with Gasteiger partial charge in [0.1, 0.15) is 5.82 Å². The molecule has 1 heterocycles. The number of hydrogen-bond acceptors (Lipinski definition) is 1. The Labute approximate surface area is 140 Å². The number of benzene rings is 2. The van der Waals surface area contributed by atoms with E-state index < -0.39 is 10.6 Å². The minimum atomic E-state index is -0.462. The zero-order chi connectivity index (χ0) is 15.1. The molecule has 2 N–H and O–H groups in total. The van der Waals surface area contributed by atoms with Gasteiger partial charge in [0.25, 0.3) is 0 Å². The summed E-state index contributed by atoms with van der Waals surface area (Å²) in [7, 11) is 0. The van der Waals surface area contributed by atoms with Crippen molar-refractivity contribution in [2.75, 3.05) is 0 Å². The van der Waals surface area contributed by atoms with Gasteiger partial charge in [-0.2, -0.15) is 0 Å². The van der Waals surface area contributed by atoms with Gasteiger partial charge in [-0.25, -0.2) is 9.18 Å². The van der Waals surface area contributed by atoms with E-state index in [1.165, 1.54) is 6.07 Å². The molecule has 1 atom stereocenters. The van der Waals surface area contributed by atoms with Gasteiger partial charge in [0.05, 0.1) is 20.9 Å². The minimum Gasteiger partial charge on any atom is -0.306 e. The fourth-order valence-electron chi connectivity index (χ4n) is 2.15. The van der Waals surface area contributed by atoms with Crippen LogP contribution in [0, 0.1) is 5.82 Å². The second-order valence-corrected chi connectivity index (χ2v) is 6.68. The molecule has 0 aliphatic rings. The highest BCUT2D eigenvalue weighted by molar-refractivity contribution is 9.11. The largest absolute Gasteiger partial charge is 0.323 e. The molecule has 0 saturated carbocycles. The molecule has 0 aliphatic carbocycles. The summed E-state index contributed by atoms with van der Waals surface area (Å²) in [6.45, 7) is 0. The highest BCUT2D eigenvalue weighted by Gasteiger charge is 2.20. The zero-order valence-corrected chi connectivity index (χ0v) is 14.3. The molecule has 3 rings (SSSR count). The number of aromatic amines is 2. The number of fused-ring (bicyclic) bond motifs is 1. The predicted octanol–water partition coefficient (Wildman–Crippen LogP) is 4.90.